The molecule has 0 fully saturated rings. The van der Waals surface area contributed by atoms with Crippen LogP contribution in [0.1, 0.15) is 47.7 Å². The zero-order chi connectivity index (χ0) is 21.5. The number of pyridine rings is 1. The third kappa shape index (κ3) is 5.80. The van der Waals surface area contributed by atoms with Crippen LogP contribution in [0, 0.1) is 17.7 Å². The molecule has 0 saturated carbocycles. The lowest BCUT2D eigenvalue weighted by Crippen LogP contribution is -1.96. The Hall–Kier alpha value is -3.44. The topological polar surface area (TPSA) is 12.9 Å². The first kappa shape index (κ1) is 20.8. The molecule has 0 spiro atoms. The van der Waals surface area contributed by atoms with E-state index in [0.717, 1.165) is 46.9 Å². The minimum absolute atomic E-state index is 0.216. The molecule has 0 saturated heterocycles. The van der Waals surface area contributed by atoms with Gasteiger partial charge in [-0.25, -0.2) is 4.39 Å². The van der Waals surface area contributed by atoms with Crippen molar-refractivity contribution in [2.24, 2.45) is 0 Å². The quantitative estimate of drug-likeness (QED) is 0.317. The van der Waals surface area contributed by atoms with E-state index in [1.807, 2.05) is 24.4 Å². The van der Waals surface area contributed by atoms with E-state index in [9.17, 15) is 4.39 Å². The van der Waals surface area contributed by atoms with Crippen molar-refractivity contribution in [3.63, 3.8) is 0 Å². The minimum Gasteiger partial charge on any atom is -0.261 e. The summed E-state index contributed by atoms with van der Waals surface area (Å²) in [5.41, 5.74) is 5.67. The van der Waals surface area contributed by atoms with Gasteiger partial charge in [0.25, 0.3) is 0 Å². The molecule has 0 atom stereocenters. The lowest BCUT2D eigenvalue weighted by Gasteiger charge is -2.04. The molecule has 4 rings (SSSR count). The van der Waals surface area contributed by atoms with E-state index in [1.165, 1.54) is 30.0 Å². The number of aromatic nitrogens is 1. The van der Waals surface area contributed by atoms with Crippen LogP contribution in [-0.2, 0) is 19.3 Å². The third-order valence-corrected chi connectivity index (χ3v) is 5.48. The van der Waals surface area contributed by atoms with Gasteiger partial charge in [0.05, 0.1) is 0 Å². The van der Waals surface area contributed by atoms with Crippen LogP contribution in [-0.4, -0.2) is 4.98 Å². The summed E-state index contributed by atoms with van der Waals surface area (Å²) in [6.07, 6.45) is 7.48. The van der Waals surface area contributed by atoms with Crippen molar-refractivity contribution in [2.75, 3.05) is 0 Å². The number of aryl methyl sites for hydroxylation is 3. The van der Waals surface area contributed by atoms with Crippen molar-refractivity contribution in [3.8, 4) is 11.8 Å². The second kappa shape index (κ2) is 10.0. The fourth-order valence-electron chi connectivity index (χ4n) is 3.60. The van der Waals surface area contributed by atoms with Gasteiger partial charge in [0.2, 0.25) is 0 Å². The number of halogens is 1. The maximum Gasteiger partial charge on any atom is 0.123 e. The second-order valence-corrected chi connectivity index (χ2v) is 7.91. The van der Waals surface area contributed by atoms with E-state index in [4.69, 9.17) is 0 Å². The number of nitrogens with zero attached hydrogens (tertiary/aromatic N) is 1. The number of fused-ring (bicyclic) bond motifs is 1. The van der Waals surface area contributed by atoms with E-state index in [-0.39, 0.29) is 5.82 Å². The molecular weight excluding hydrogens is 381 g/mol. The van der Waals surface area contributed by atoms with Crippen molar-refractivity contribution < 1.29 is 4.39 Å². The maximum atomic E-state index is 13.3. The van der Waals surface area contributed by atoms with Crippen LogP contribution in [0.25, 0.3) is 10.8 Å². The molecule has 0 aliphatic carbocycles. The molecule has 2 heteroatoms. The molecule has 0 unspecified atom stereocenters. The molecule has 31 heavy (non-hydrogen) atoms. The molecule has 0 amide bonds. The van der Waals surface area contributed by atoms with Crippen molar-refractivity contribution in [1.29, 1.82) is 0 Å². The van der Waals surface area contributed by atoms with E-state index >= 15 is 0 Å². The number of hydrogen-bond acceptors (Lipinski definition) is 1. The molecule has 154 valence electrons. The van der Waals surface area contributed by atoms with Gasteiger partial charge in [-0.05, 0) is 90.0 Å². The number of hydrogen-bond donors (Lipinski definition) is 0. The molecule has 1 aromatic heterocycles. The maximum absolute atomic E-state index is 13.3. The first-order valence-corrected chi connectivity index (χ1v) is 10.9. The Morgan fingerprint density at radius 3 is 2.19 bits per heavy atom. The van der Waals surface area contributed by atoms with E-state index < -0.39 is 0 Å². The van der Waals surface area contributed by atoms with Crippen LogP contribution in [0.2, 0.25) is 0 Å². The summed E-state index contributed by atoms with van der Waals surface area (Å²) in [6.45, 7) is 2.21. The molecule has 4 aromatic rings. The molecular formula is C29H26FN. The van der Waals surface area contributed by atoms with Crippen LogP contribution in [0.15, 0.2) is 79.0 Å². The van der Waals surface area contributed by atoms with Crippen LogP contribution in [0.5, 0.6) is 0 Å². The van der Waals surface area contributed by atoms with Crippen LogP contribution < -0.4 is 0 Å². The minimum atomic E-state index is -0.216. The summed E-state index contributed by atoms with van der Waals surface area (Å²) in [4.78, 5) is 4.61. The lowest BCUT2D eigenvalue weighted by molar-refractivity contribution is 0.630. The predicted octanol–water partition coefficient (Wildman–Crippen LogP) is 6.90. The highest BCUT2D eigenvalue weighted by Crippen LogP contribution is 2.17. The first-order chi connectivity index (χ1) is 15.2. The van der Waals surface area contributed by atoms with Gasteiger partial charge in [0, 0.05) is 23.0 Å². The average Bonchev–Trinajstić information content (AvgIpc) is 2.81. The number of benzene rings is 3. The number of unbranched alkanes of at least 4 members (excludes halogenated alkanes) is 1. The lowest BCUT2D eigenvalue weighted by atomic mass is 10.0. The standard InChI is InChI=1S/C29H26FN/c1-2-3-4-25-13-18-29(31-21-25)17-12-23-7-5-22(6-8-23)9-10-24-11-14-27-20-28(30)16-15-26(27)19-24/h5-8,11,13-16,18-21H,2-4,12,17H2,1H3. The summed E-state index contributed by atoms with van der Waals surface area (Å²) < 4.78 is 13.3. The molecule has 1 nitrogen and oxygen atoms in total. The summed E-state index contributed by atoms with van der Waals surface area (Å²) in [7, 11) is 0. The second-order valence-electron chi connectivity index (χ2n) is 7.91. The van der Waals surface area contributed by atoms with Crippen LogP contribution in [0.3, 0.4) is 0 Å². The highest BCUT2D eigenvalue weighted by molar-refractivity contribution is 5.83. The predicted molar refractivity (Wildman–Crippen MR) is 127 cm³/mol. The van der Waals surface area contributed by atoms with Gasteiger partial charge in [0.15, 0.2) is 0 Å². The van der Waals surface area contributed by atoms with Crippen molar-refractivity contribution in [1.82, 2.24) is 4.98 Å². The Morgan fingerprint density at radius 2 is 1.42 bits per heavy atom. The Labute approximate surface area is 184 Å². The Kier molecular flexibility index (Phi) is 6.75. The summed E-state index contributed by atoms with van der Waals surface area (Å²) in [6, 6.07) is 23.4. The molecule has 0 aliphatic heterocycles. The molecule has 0 N–H and O–H groups in total. The number of rotatable bonds is 6. The van der Waals surface area contributed by atoms with Crippen molar-refractivity contribution in [2.45, 2.75) is 39.0 Å². The average molecular weight is 408 g/mol. The van der Waals surface area contributed by atoms with Gasteiger partial charge in [-0.15, -0.1) is 0 Å². The van der Waals surface area contributed by atoms with Crippen molar-refractivity contribution >= 4 is 10.8 Å². The SMILES string of the molecule is CCCCc1ccc(CCc2ccc(C#Cc3ccc4cc(F)ccc4c3)cc2)nc1. The van der Waals surface area contributed by atoms with Gasteiger partial charge in [-0.1, -0.05) is 55.5 Å². The highest BCUT2D eigenvalue weighted by Gasteiger charge is 2.00. The summed E-state index contributed by atoms with van der Waals surface area (Å²) in [5, 5.41) is 1.88. The van der Waals surface area contributed by atoms with Crippen LogP contribution in [0.4, 0.5) is 4.39 Å². The molecule has 1 heterocycles. The van der Waals surface area contributed by atoms with E-state index in [1.54, 1.807) is 12.1 Å². The van der Waals surface area contributed by atoms with Gasteiger partial charge in [0.1, 0.15) is 5.82 Å². The van der Waals surface area contributed by atoms with E-state index in [0.29, 0.717) is 0 Å². The highest BCUT2D eigenvalue weighted by atomic mass is 19.1. The largest absolute Gasteiger partial charge is 0.261 e. The van der Waals surface area contributed by atoms with Gasteiger partial charge in [-0.2, -0.15) is 0 Å². The monoisotopic (exact) mass is 407 g/mol. The zero-order valence-corrected chi connectivity index (χ0v) is 17.9. The Morgan fingerprint density at radius 1 is 0.710 bits per heavy atom. The summed E-state index contributed by atoms with van der Waals surface area (Å²) in [5.74, 6) is 6.22. The fraction of sp³-hybridized carbons (Fsp3) is 0.207. The fourth-order valence-corrected chi connectivity index (χ4v) is 3.60. The smallest absolute Gasteiger partial charge is 0.123 e. The zero-order valence-electron chi connectivity index (χ0n) is 17.9. The van der Waals surface area contributed by atoms with Gasteiger partial charge in [-0.3, -0.25) is 4.98 Å². The molecule has 0 aliphatic rings. The van der Waals surface area contributed by atoms with Gasteiger partial charge >= 0.3 is 0 Å². The third-order valence-electron chi connectivity index (χ3n) is 5.48. The van der Waals surface area contributed by atoms with Crippen LogP contribution >= 0.6 is 0 Å². The Bertz CT molecular complexity index is 1210. The Balaban J connectivity index is 1.36. The molecule has 0 radical (unpaired) electrons. The van der Waals surface area contributed by atoms with E-state index in [2.05, 4.69) is 60.1 Å². The normalized spacial score (nSPS) is 10.6. The molecule has 3 aromatic carbocycles. The first-order valence-electron chi connectivity index (χ1n) is 10.9. The van der Waals surface area contributed by atoms with Gasteiger partial charge < -0.3 is 0 Å². The summed E-state index contributed by atoms with van der Waals surface area (Å²) >= 11 is 0. The van der Waals surface area contributed by atoms with Crippen molar-refractivity contribution in [3.05, 3.63) is 113 Å². The molecule has 0 bridgehead atoms.